The Kier molecular flexibility index (Phi) is 28.3. The molecule has 0 bridgehead atoms. The fourth-order valence-electron chi connectivity index (χ4n) is 7.71. The first kappa shape index (κ1) is 58.8. The standard InChI is InChI=1S/C43H66N6O9.C9H11NO/c1-4-28(2)38(40(45)54)49-42(56)39(29(3)50)48-37(53)25-16-14-12-10-8-6-5-7-9-11-13-15-24-36(52)46-33(27-35(44)51)41(55)47-34(43(57)58)26-31-22-19-21-30-20-17-18-23-32(30)31;10-9(11)7-6-8-4-2-1-3-5-8/h17-23,28-29,33-34,38-39,50H,4-16,24-27H2,1-3H3,(H2,44,51)(H2,45,54)(H,46,52)(H,47,55)(H,48,53)(H,49,56)(H,57,58);1-5H,6-7H2,(H2,10,11)/t28-,29?,33-,34-,38-,39-;/m0./s1. The second kappa shape index (κ2) is 33.2. The van der Waals surface area contributed by atoms with Crippen molar-refractivity contribution in [3.8, 4) is 0 Å². The number of rotatable bonds is 33. The summed E-state index contributed by atoms with van der Waals surface area (Å²) in [7, 11) is 0. The fraction of sp³-hybridized carbons (Fsp3) is 0.538. The Morgan fingerprint density at radius 3 is 1.58 bits per heavy atom. The summed E-state index contributed by atoms with van der Waals surface area (Å²) in [4.78, 5) is 96.9. The maximum Gasteiger partial charge on any atom is 0.326 e. The molecule has 69 heavy (non-hydrogen) atoms. The highest BCUT2D eigenvalue weighted by molar-refractivity contribution is 5.94. The third-order valence-corrected chi connectivity index (χ3v) is 11.9. The summed E-state index contributed by atoms with van der Waals surface area (Å²) >= 11 is 0. The minimum Gasteiger partial charge on any atom is -0.480 e. The average Bonchev–Trinajstić information content (AvgIpc) is 3.31. The molecule has 0 heterocycles. The molecule has 0 fully saturated rings. The van der Waals surface area contributed by atoms with Crippen molar-refractivity contribution in [2.24, 2.45) is 23.1 Å². The molecule has 0 aliphatic heterocycles. The van der Waals surface area contributed by atoms with Crippen LogP contribution in [0.1, 0.15) is 141 Å². The van der Waals surface area contributed by atoms with E-state index in [0.29, 0.717) is 25.7 Å². The highest BCUT2D eigenvalue weighted by Gasteiger charge is 2.31. The van der Waals surface area contributed by atoms with Gasteiger partial charge in [0.15, 0.2) is 0 Å². The topological polar surface area (TPSA) is 303 Å². The summed E-state index contributed by atoms with van der Waals surface area (Å²) in [6.45, 7) is 5.07. The van der Waals surface area contributed by atoms with Crippen LogP contribution in [-0.4, -0.2) is 87.8 Å². The Balaban J connectivity index is 0.00000130. The maximum absolute atomic E-state index is 13.1. The zero-order chi connectivity index (χ0) is 51.1. The second-order valence-corrected chi connectivity index (χ2v) is 17.8. The number of nitrogens with one attached hydrogen (secondary N) is 4. The number of nitrogens with two attached hydrogens (primary N) is 3. The molecule has 3 aromatic carbocycles. The molecule has 0 radical (unpaired) electrons. The summed E-state index contributed by atoms with van der Waals surface area (Å²) in [6.07, 6.45) is 11.9. The minimum absolute atomic E-state index is 0.0154. The van der Waals surface area contributed by atoms with Gasteiger partial charge >= 0.3 is 5.97 Å². The number of carbonyl (C=O) groups is 8. The van der Waals surface area contributed by atoms with Crippen molar-refractivity contribution in [2.45, 2.75) is 173 Å². The number of aliphatic hydroxyl groups is 1. The third-order valence-electron chi connectivity index (χ3n) is 11.9. The lowest BCUT2D eigenvalue weighted by atomic mass is 9.98. The number of benzene rings is 3. The Morgan fingerprint density at radius 1 is 0.551 bits per heavy atom. The van der Waals surface area contributed by atoms with Crippen molar-refractivity contribution >= 4 is 58.1 Å². The number of aryl methyl sites for hydroxylation is 1. The Bertz CT molecular complexity index is 2080. The van der Waals surface area contributed by atoms with Crippen molar-refractivity contribution in [2.75, 3.05) is 0 Å². The van der Waals surface area contributed by atoms with Crippen LogP contribution in [0.3, 0.4) is 0 Å². The van der Waals surface area contributed by atoms with E-state index in [0.717, 1.165) is 92.5 Å². The molecular formula is C52H77N7O10. The number of amides is 7. The number of hydrogen-bond acceptors (Lipinski definition) is 9. The molecule has 6 atom stereocenters. The van der Waals surface area contributed by atoms with Crippen LogP contribution >= 0.6 is 0 Å². The van der Waals surface area contributed by atoms with Gasteiger partial charge in [-0.3, -0.25) is 33.6 Å². The van der Waals surface area contributed by atoms with E-state index in [1.54, 1.807) is 13.0 Å². The van der Waals surface area contributed by atoms with Crippen molar-refractivity contribution in [3.63, 3.8) is 0 Å². The number of unbranched alkanes of at least 4 members (excludes halogenated alkanes) is 11. The quantitative estimate of drug-likeness (QED) is 0.0377. The minimum atomic E-state index is -1.29. The molecule has 1 unspecified atom stereocenters. The van der Waals surface area contributed by atoms with Crippen LogP contribution in [0.15, 0.2) is 72.8 Å². The van der Waals surface area contributed by atoms with E-state index >= 15 is 0 Å². The molecule has 0 saturated carbocycles. The summed E-state index contributed by atoms with van der Waals surface area (Å²) in [5.74, 6) is -5.32. The van der Waals surface area contributed by atoms with Crippen LogP contribution in [0.2, 0.25) is 0 Å². The average molecular weight is 960 g/mol. The van der Waals surface area contributed by atoms with Gasteiger partial charge in [-0.2, -0.15) is 0 Å². The van der Waals surface area contributed by atoms with E-state index in [1.165, 1.54) is 6.92 Å². The van der Waals surface area contributed by atoms with Gasteiger partial charge in [0, 0.05) is 25.7 Å². The van der Waals surface area contributed by atoms with Gasteiger partial charge in [0.1, 0.15) is 24.2 Å². The molecule has 12 N–H and O–H groups in total. The summed E-state index contributed by atoms with van der Waals surface area (Å²) in [5, 5.41) is 31.9. The molecule has 380 valence electrons. The summed E-state index contributed by atoms with van der Waals surface area (Å²) < 4.78 is 0. The van der Waals surface area contributed by atoms with Gasteiger partial charge in [-0.1, -0.05) is 157 Å². The summed E-state index contributed by atoms with van der Waals surface area (Å²) in [5.41, 5.74) is 17.7. The smallest absolute Gasteiger partial charge is 0.326 e. The first-order valence-corrected chi connectivity index (χ1v) is 24.4. The zero-order valence-electron chi connectivity index (χ0n) is 40.7. The van der Waals surface area contributed by atoms with Crippen LogP contribution in [0.5, 0.6) is 0 Å². The second-order valence-electron chi connectivity index (χ2n) is 17.8. The number of carboxylic acid groups (broad SMARTS) is 1. The van der Waals surface area contributed by atoms with Gasteiger partial charge < -0.3 is 48.7 Å². The number of aliphatic carboxylic acids is 1. The van der Waals surface area contributed by atoms with E-state index in [9.17, 15) is 48.6 Å². The van der Waals surface area contributed by atoms with Crippen molar-refractivity contribution in [1.82, 2.24) is 21.3 Å². The normalized spacial score (nSPS) is 13.5. The fourth-order valence-corrected chi connectivity index (χ4v) is 7.71. The molecule has 0 aliphatic carbocycles. The van der Waals surface area contributed by atoms with Crippen LogP contribution in [0.4, 0.5) is 0 Å². The number of carbonyl (C=O) groups excluding carboxylic acids is 7. The molecular weight excluding hydrogens is 883 g/mol. The van der Waals surface area contributed by atoms with Gasteiger partial charge in [0.25, 0.3) is 0 Å². The van der Waals surface area contributed by atoms with Crippen molar-refractivity contribution < 1.29 is 48.6 Å². The van der Waals surface area contributed by atoms with Gasteiger partial charge in [-0.25, -0.2) is 4.79 Å². The van der Waals surface area contributed by atoms with Gasteiger partial charge in [0.2, 0.25) is 41.4 Å². The van der Waals surface area contributed by atoms with Crippen LogP contribution in [0, 0.1) is 5.92 Å². The largest absolute Gasteiger partial charge is 0.480 e. The van der Waals surface area contributed by atoms with E-state index in [-0.39, 0.29) is 37.0 Å². The predicted molar refractivity (Wildman–Crippen MR) is 266 cm³/mol. The lowest BCUT2D eigenvalue weighted by Crippen LogP contribution is -2.57. The summed E-state index contributed by atoms with van der Waals surface area (Å²) in [6, 6.07) is 18.3. The maximum atomic E-state index is 13.1. The van der Waals surface area contributed by atoms with E-state index in [4.69, 9.17) is 17.2 Å². The molecule has 7 amide bonds. The molecule has 0 spiro atoms. The van der Waals surface area contributed by atoms with Gasteiger partial charge in [-0.05, 0) is 54.0 Å². The van der Waals surface area contributed by atoms with Crippen LogP contribution in [-0.2, 0) is 51.2 Å². The Labute approximate surface area is 406 Å². The van der Waals surface area contributed by atoms with Crippen molar-refractivity contribution in [3.05, 3.63) is 83.9 Å². The van der Waals surface area contributed by atoms with Gasteiger partial charge in [0.05, 0.1) is 12.5 Å². The monoisotopic (exact) mass is 960 g/mol. The lowest BCUT2D eigenvalue weighted by molar-refractivity contribution is -0.142. The van der Waals surface area contributed by atoms with Crippen LogP contribution < -0.4 is 38.5 Å². The lowest BCUT2D eigenvalue weighted by Gasteiger charge is -2.26. The van der Waals surface area contributed by atoms with Crippen LogP contribution in [0.25, 0.3) is 10.8 Å². The predicted octanol–water partition coefficient (Wildman–Crippen LogP) is 4.76. The number of aliphatic hydroxyl groups excluding tert-OH is 1. The van der Waals surface area contributed by atoms with E-state index in [1.807, 2.05) is 73.7 Å². The number of primary amides is 3. The number of hydrogen-bond donors (Lipinski definition) is 9. The number of carboxylic acids is 1. The van der Waals surface area contributed by atoms with E-state index in [2.05, 4.69) is 21.3 Å². The molecule has 3 aromatic rings. The molecule has 0 aromatic heterocycles. The van der Waals surface area contributed by atoms with E-state index < -0.39 is 72.2 Å². The SMILES string of the molecule is CC[C@H](C)[C@H](NC(=O)[C@@H](NC(=O)CCCCCCCCCCCCCCC(=O)N[C@@H](CC(N)=O)C(=O)N[C@@H](Cc1cccc2ccccc12)C(=O)O)C(C)O)C(N)=O.NC(=O)CCc1ccccc1. The molecule has 17 nitrogen and oxygen atoms in total. The molecule has 0 saturated heterocycles. The van der Waals surface area contributed by atoms with Crippen molar-refractivity contribution in [1.29, 1.82) is 0 Å². The highest BCUT2D eigenvalue weighted by atomic mass is 16.4. The Hall–Kier alpha value is -6.36. The Morgan fingerprint density at radius 2 is 1.07 bits per heavy atom. The highest BCUT2D eigenvalue weighted by Crippen LogP contribution is 2.20. The molecule has 0 aliphatic rings. The molecule has 17 heteroatoms. The van der Waals surface area contributed by atoms with Gasteiger partial charge in [-0.15, -0.1) is 0 Å². The molecule has 3 rings (SSSR count). The number of fused-ring (bicyclic) bond motifs is 1. The zero-order valence-corrected chi connectivity index (χ0v) is 40.7. The first-order chi connectivity index (χ1) is 32.9. The first-order valence-electron chi connectivity index (χ1n) is 24.4. The third kappa shape index (κ3) is 24.5.